The van der Waals surface area contributed by atoms with E-state index in [1.807, 2.05) is 0 Å². The van der Waals surface area contributed by atoms with Crippen LogP contribution in [0.25, 0.3) is 0 Å². The zero-order chi connectivity index (χ0) is 19.4. The van der Waals surface area contributed by atoms with Gasteiger partial charge in [0.25, 0.3) is 0 Å². The van der Waals surface area contributed by atoms with E-state index >= 15 is 0 Å². The van der Waals surface area contributed by atoms with Crippen LogP contribution in [-0.4, -0.2) is 45.4 Å². The number of carboxylic acid groups (broad SMARTS) is 2. The number of rotatable bonds is 3. The molecule has 2 aliphatic carbocycles. The van der Waals surface area contributed by atoms with Crippen LogP contribution in [0.4, 0.5) is 0 Å². The van der Waals surface area contributed by atoms with Crippen molar-refractivity contribution < 1.29 is 67.0 Å². The fourth-order valence-corrected chi connectivity index (χ4v) is 2.38. The third kappa shape index (κ3) is 16.7. The molecule has 0 saturated heterocycles. The number of aliphatic carboxylic acids is 2. The Morgan fingerprint density at radius 3 is 1.41 bits per heavy atom. The van der Waals surface area contributed by atoms with E-state index in [1.54, 1.807) is 0 Å². The molecule has 2 rings (SSSR count). The topological polar surface area (TPSA) is 199 Å². The fraction of sp³-hybridized carbons (Fsp3) is 0.750. The van der Waals surface area contributed by atoms with E-state index in [9.17, 15) is 9.59 Å². The van der Waals surface area contributed by atoms with Crippen LogP contribution in [0.2, 0.25) is 0 Å². The molecule has 0 spiro atoms. The molecule has 0 aromatic heterocycles. The summed E-state index contributed by atoms with van der Waals surface area (Å²) in [7, 11) is 0. The number of nitrogens with two attached hydrogens (primary N) is 4. The second-order valence-electron chi connectivity index (χ2n) is 6.31. The van der Waals surface area contributed by atoms with Crippen LogP contribution >= 0.6 is 0 Å². The van der Waals surface area contributed by atoms with Crippen molar-refractivity contribution >= 4 is 11.9 Å². The summed E-state index contributed by atoms with van der Waals surface area (Å²) in [6.07, 6.45) is 6.69. The molecule has 0 heterocycles. The van der Waals surface area contributed by atoms with Crippen molar-refractivity contribution in [3.05, 3.63) is 12.1 Å². The first kappa shape index (κ1) is 31.8. The smallest absolute Gasteiger partial charge is 0.333 e. The van der Waals surface area contributed by atoms with Gasteiger partial charge in [-0.2, -0.15) is 12.8 Å². The maximum absolute atomic E-state index is 9.72. The Kier molecular flexibility index (Phi) is 21.4. The van der Waals surface area contributed by atoms with Crippen molar-refractivity contribution in [2.24, 2.45) is 22.9 Å². The van der Waals surface area contributed by atoms with Crippen LogP contribution in [-0.2, 0) is 51.7 Å². The summed E-state index contributed by atoms with van der Waals surface area (Å²) in [6, 6.07) is 2.39. The summed E-state index contributed by atoms with van der Waals surface area (Å²) in [5, 5.41) is 24.1. The molecule has 0 aliphatic heterocycles. The molecule has 27 heavy (non-hydrogen) atoms. The third-order valence-corrected chi connectivity index (χ3v) is 4.07. The Balaban J connectivity index is -0.000000309. The quantitative estimate of drug-likeness (QED) is 0.189. The Morgan fingerprint density at radius 2 is 1.26 bits per heavy atom. The van der Waals surface area contributed by atoms with Gasteiger partial charge in [-0.1, -0.05) is 38.5 Å². The maximum Gasteiger partial charge on any atom is 0.333 e. The normalized spacial score (nSPS) is 23.7. The molecule has 0 aromatic rings. The van der Waals surface area contributed by atoms with E-state index in [2.05, 4.69) is 0 Å². The molecule has 9 nitrogen and oxygen atoms in total. The first-order valence-corrected chi connectivity index (χ1v) is 8.51. The molecule has 2 aliphatic rings. The second-order valence-corrected chi connectivity index (χ2v) is 6.31. The summed E-state index contributed by atoms with van der Waals surface area (Å²) < 4.78 is 0. The predicted molar refractivity (Wildman–Crippen MR) is 93.6 cm³/mol. The van der Waals surface area contributed by atoms with Gasteiger partial charge in [-0.15, -0.1) is 12.1 Å². The van der Waals surface area contributed by atoms with E-state index in [0.717, 1.165) is 37.8 Å². The predicted octanol–water partition coefficient (Wildman–Crippen LogP) is -0.342. The van der Waals surface area contributed by atoms with Crippen molar-refractivity contribution in [1.29, 1.82) is 0 Å². The first-order chi connectivity index (χ1) is 11.6. The average Bonchev–Trinajstić information content (AvgIpc) is 2.54. The van der Waals surface area contributed by atoms with Crippen LogP contribution in [0.15, 0.2) is 0 Å². The van der Waals surface area contributed by atoms with Crippen molar-refractivity contribution in [2.45, 2.75) is 76.0 Å². The van der Waals surface area contributed by atoms with Gasteiger partial charge in [-0.05, 0) is 0 Å². The Bertz CT molecular complexity index is 367. The van der Waals surface area contributed by atoms with Gasteiger partial charge in [0.15, 0.2) is 6.10 Å². The number of carboxylic acids is 2. The molecule has 11 N–H and O–H groups in total. The van der Waals surface area contributed by atoms with Gasteiger partial charge in [-0.3, -0.25) is 4.79 Å². The van der Waals surface area contributed by atoms with Gasteiger partial charge in [0, 0.05) is 42.1 Å². The summed E-state index contributed by atoms with van der Waals surface area (Å²) in [5.41, 5.74) is 22.4. The number of aliphatic hydroxyl groups excluding tert-OH is 1. The Hall–Kier alpha value is 0.117. The molecule has 11 heteroatoms. The van der Waals surface area contributed by atoms with Gasteiger partial charge in [0.05, 0.1) is 6.42 Å². The van der Waals surface area contributed by atoms with Crippen molar-refractivity contribution in [3.8, 4) is 0 Å². The molecule has 3 unspecified atom stereocenters. The summed E-state index contributed by atoms with van der Waals surface area (Å²) in [6.45, 7) is 0. The molecule has 0 aromatic carbocycles. The maximum atomic E-state index is 9.72. The van der Waals surface area contributed by atoms with Crippen LogP contribution in [0.5, 0.6) is 0 Å². The second kappa shape index (κ2) is 18.2. The monoisotopic (exact) mass is 750 g/mol. The molecular formula is C16H32N4O5Pt2-2. The SMILES string of the molecule is N[C-]1CCCCC1N.N[C-]1CCCCC1N.O=C(O)CC(O)C(=O)O.[Pt].[Pt]. The van der Waals surface area contributed by atoms with E-state index < -0.39 is 24.5 Å². The number of aliphatic hydroxyl groups is 1. The van der Waals surface area contributed by atoms with Gasteiger partial charge in [-0.25, -0.2) is 16.9 Å². The molecule has 0 amide bonds. The van der Waals surface area contributed by atoms with Crippen LogP contribution in [0.1, 0.15) is 57.8 Å². The Morgan fingerprint density at radius 1 is 0.889 bits per heavy atom. The molecular weight excluding hydrogens is 718 g/mol. The summed E-state index contributed by atoms with van der Waals surface area (Å²) in [4.78, 5) is 19.4. The van der Waals surface area contributed by atoms with Crippen LogP contribution in [0.3, 0.4) is 0 Å². The van der Waals surface area contributed by atoms with Gasteiger partial charge in [0.2, 0.25) is 0 Å². The van der Waals surface area contributed by atoms with E-state index in [1.165, 1.54) is 25.7 Å². The number of carbonyl (C=O) groups is 2. The number of hydrogen-bond acceptors (Lipinski definition) is 7. The van der Waals surface area contributed by atoms with Gasteiger partial charge < -0.3 is 38.3 Å². The molecule has 168 valence electrons. The molecule has 0 bridgehead atoms. The zero-order valence-corrected chi connectivity index (χ0v) is 19.7. The van der Waals surface area contributed by atoms with Crippen LogP contribution in [0, 0.1) is 12.1 Å². The first-order valence-electron chi connectivity index (χ1n) is 8.51. The van der Waals surface area contributed by atoms with E-state index in [4.69, 9.17) is 38.3 Å². The van der Waals surface area contributed by atoms with Crippen molar-refractivity contribution in [3.63, 3.8) is 0 Å². The fourth-order valence-electron chi connectivity index (χ4n) is 2.38. The molecule has 2 fully saturated rings. The van der Waals surface area contributed by atoms with Crippen LogP contribution < -0.4 is 22.9 Å². The molecule has 3 atom stereocenters. The zero-order valence-electron chi connectivity index (χ0n) is 15.2. The largest absolute Gasteiger partial charge is 0.481 e. The summed E-state index contributed by atoms with van der Waals surface area (Å²) in [5.74, 6) is -2.85. The van der Waals surface area contributed by atoms with Gasteiger partial charge >= 0.3 is 11.9 Å². The minimum Gasteiger partial charge on any atom is -0.481 e. The Labute approximate surface area is 189 Å². The van der Waals surface area contributed by atoms with Crippen molar-refractivity contribution in [1.82, 2.24) is 0 Å². The molecule has 2 saturated carbocycles. The van der Waals surface area contributed by atoms with E-state index in [0.29, 0.717) is 0 Å². The third-order valence-electron chi connectivity index (χ3n) is 4.07. The minimum atomic E-state index is -1.79. The van der Waals surface area contributed by atoms with E-state index in [-0.39, 0.29) is 54.2 Å². The summed E-state index contributed by atoms with van der Waals surface area (Å²) >= 11 is 0. The average molecular weight is 751 g/mol. The molecule has 0 radical (unpaired) electrons. The van der Waals surface area contributed by atoms with Crippen molar-refractivity contribution in [2.75, 3.05) is 0 Å². The number of hydrogen-bond donors (Lipinski definition) is 7. The minimum absolute atomic E-state index is 0. The standard InChI is InChI=1S/2C6H13N2.C4H6O5.2Pt/c2*7-5-3-1-2-4-6(5)8;5-2(4(8)9)1-3(6)7;;/h2*5H,1-4,7-8H2;2,5H,1H2,(H,6,7)(H,8,9);;/q2*-1;;;. The van der Waals surface area contributed by atoms with Gasteiger partial charge in [0.1, 0.15) is 0 Å².